The van der Waals surface area contributed by atoms with E-state index in [1.165, 1.54) is 24.1 Å². The predicted octanol–water partition coefficient (Wildman–Crippen LogP) is 1.45. The van der Waals surface area contributed by atoms with E-state index in [1.807, 2.05) is 5.32 Å². The lowest BCUT2D eigenvalue weighted by atomic mass is 10.2. The molecule has 0 spiro atoms. The molecule has 12 heteroatoms. The SMILES string of the molecule is CN=S1(=O)CCN(c2ccc(N3C[C@H](CNC(=O)C(F)F)OC3=O)cc2F)CC1. The molecule has 1 aromatic rings. The first-order chi connectivity index (χ1) is 13.7. The molecule has 0 aliphatic carbocycles. The first-order valence-electron chi connectivity index (χ1n) is 8.91. The molecular formula is C17H21F3N4O4S. The molecule has 0 saturated carbocycles. The standard InChI is InChI=1S/C17H21F3N4O4S/c1-21-29(27)6-4-23(5-7-29)14-3-2-11(8-13(14)18)24-10-12(28-17(24)26)9-22-16(25)15(19)20/h2-3,8,12,15H,4-7,9-10H2,1H3,(H,22,25)/t12-/m0/s1. The highest BCUT2D eigenvalue weighted by atomic mass is 32.2. The van der Waals surface area contributed by atoms with Gasteiger partial charge in [-0.2, -0.15) is 8.78 Å². The van der Waals surface area contributed by atoms with E-state index >= 15 is 0 Å². The molecule has 29 heavy (non-hydrogen) atoms. The Kier molecular flexibility index (Phi) is 6.20. The van der Waals surface area contributed by atoms with Gasteiger partial charge >= 0.3 is 12.5 Å². The van der Waals surface area contributed by atoms with Crippen molar-refractivity contribution in [1.82, 2.24) is 5.32 Å². The summed E-state index contributed by atoms with van der Waals surface area (Å²) in [5.41, 5.74) is 0.586. The van der Waals surface area contributed by atoms with E-state index < -0.39 is 40.1 Å². The second-order valence-corrected chi connectivity index (χ2v) is 9.38. The largest absolute Gasteiger partial charge is 0.442 e. The molecule has 1 aromatic carbocycles. The summed E-state index contributed by atoms with van der Waals surface area (Å²) in [6.45, 7) is 0.542. The van der Waals surface area contributed by atoms with E-state index in [2.05, 4.69) is 4.36 Å². The van der Waals surface area contributed by atoms with Crippen LogP contribution in [0.15, 0.2) is 22.6 Å². The lowest BCUT2D eigenvalue weighted by Gasteiger charge is -2.31. The molecule has 1 atom stereocenters. The maximum Gasteiger partial charge on any atom is 0.414 e. The quantitative estimate of drug-likeness (QED) is 0.758. The molecule has 0 unspecified atom stereocenters. The number of amides is 2. The topological polar surface area (TPSA) is 91.3 Å². The van der Waals surface area contributed by atoms with Crippen molar-refractivity contribution in [2.45, 2.75) is 12.5 Å². The van der Waals surface area contributed by atoms with Gasteiger partial charge in [-0.25, -0.2) is 17.8 Å². The van der Waals surface area contributed by atoms with Crippen molar-refractivity contribution in [3.8, 4) is 0 Å². The van der Waals surface area contributed by atoms with Gasteiger partial charge in [0.15, 0.2) is 0 Å². The second kappa shape index (κ2) is 8.47. The maximum atomic E-state index is 14.7. The van der Waals surface area contributed by atoms with Crippen LogP contribution in [0.1, 0.15) is 0 Å². The minimum Gasteiger partial charge on any atom is -0.442 e. The van der Waals surface area contributed by atoms with Gasteiger partial charge < -0.3 is 15.0 Å². The fourth-order valence-electron chi connectivity index (χ4n) is 3.19. The number of cyclic esters (lactones) is 1. The Bertz CT molecular complexity index is 906. The monoisotopic (exact) mass is 434 g/mol. The highest BCUT2D eigenvalue weighted by Gasteiger charge is 2.33. The Balaban J connectivity index is 1.65. The van der Waals surface area contributed by atoms with E-state index in [0.717, 1.165) is 0 Å². The second-order valence-electron chi connectivity index (χ2n) is 6.65. The van der Waals surface area contributed by atoms with E-state index in [4.69, 9.17) is 4.74 Å². The molecule has 2 saturated heterocycles. The van der Waals surface area contributed by atoms with Gasteiger partial charge in [0.05, 0.1) is 24.5 Å². The predicted molar refractivity (Wildman–Crippen MR) is 101 cm³/mol. The summed E-state index contributed by atoms with van der Waals surface area (Å²) in [6.07, 6.45) is -4.73. The summed E-state index contributed by atoms with van der Waals surface area (Å²) >= 11 is 0. The number of carbonyl (C=O) groups excluding carboxylic acids is 2. The number of hydrogen-bond donors (Lipinski definition) is 1. The molecule has 2 fully saturated rings. The van der Waals surface area contributed by atoms with Gasteiger partial charge in [-0.05, 0) is 18.2 Å². The van der Waals surface area contributed by atoms with Crippen molar-refractivity contribution in [2.24, 2.45) is 4.36 Å². The van der Waals surface area contributed by atoms with Gasteiger partial charge in [-0.3, -0.25) is 9.69 Å². The van der Waals surface area contributed by atoms with Crippen LogP contribution in [0, 0.1) is 5.82 Å². The fourth-order valence-corrected chi connectivity index (χ4v) is 4.77. The molecule has 8 nitrogen and oxygen atoms in total. The Morgan fingerprint density at radius 1 is 1.38 bits per heavy atom. The lowest BCUT2D eigenvalue weighted by Crippen LogP contribution is -2.40. The van der Waals surface area contributed by atoms with Crippen molar-refractivity contribution < 1.29 is 31.7 Å². The van der Waals surface area contributed by atoms with Crippen LogP contribution in [0.25, 0.3) is 0 Å². The van der Waals surface area contributed by atoms with E-state index in [9.17, 15) is 27.0 Å². The minimum atomic E-state index is -3.15. The maximum absolute atomic E-state index is 14.7. The highest BCUT2D eigenvalue weighted by Crippen LogP contribution is 2.28. The number of nitrogens with one attached hydrogen (secondary N) is 1. The summed E-state index contributed by atoms with van der Waals surface area (Å²) in [5, 5.41) is 1.99. The van der Waals surface area contributed by atoms with Crippen LogP contribution in [-0.2, 0) is 19.3 Å². The van der Waals surface area contributed by atoms with Crippen molar-refractivity contribution >= 4 is 33.1 Å². The third-order valence-electron chi connectivity index (χ3n) is 4.85. The van der Waals surface area contributed by atoms with Crippen molar-refractivity contribution in [2.75, 3.05) is 54.5 Å². The van der Waals surface area contributed by atoms with Crippen LogP contribution in [0.4, 0.5) is 29.3 Å². The molecule has 0 bridgehead atoms. The van der Waals surface area contributed by atoms with Gasteiger partial charge in [-0.1, -0.05) is 0 Å². The third-order valence-corrected chi connectivity index (χ3v) is 7.16. The van der Waals surface area contributed by atoms with E-state index in [-0.39, 0.29) is 18.8 Å². The summed E-state index contributed by atoms with van der Waals surface area (Å²) in [5.74, 6) is -1.28. The van der Waals surface area contributed by atoms with Crippen molar-refractivity contribution in [3.05, 3.63) is 24.0 Å². The van der Waals surface area contributed by atoms with E-state index in [0.29, 0.717) is 30.3 Å². The van der Waals surface area contributed by atoms with Gasteiger partial charge in [0.25, 0.3) is 5.91 Å². The first-order valence-corrected chi connectivity index (χ1v) is 10.8. The van der Waals surface area contributed by atoms with Gasteiger partial charge in [0.1, 0.15) is 11.9 Å². The van der Waals surface area contributed by atoms with Crippen LogP contribution in [-0.4, -0.2) is 73.5 Å². The van der Waals surface area contributed by atoms with E-state index in [1.54, 1.807) is 11.0 Å². The number of halogens is 3. The molecule has 0 aromatic heterocycles. The van der Waals surface area contributed by atoms with Crippen LogP contribution in [0.3, 0.4) is 0 Å². The molecule has 2 amide bonds. The molecule has 3 rings (SSSR count). The Morgan fingerprint density at radius 3 is 2.66 bits per heavy atom. The number of hydrogen-bond acceptors (Lipinski definition) is 6. The average molecular weight is 434 g/mol. The molecular weight excluding hydrogens is 413 g/mol. The summed E-state index contributed by atoms with van der Waals surface area (Å²) < 4.78 is 60.3. The normalized spacial score (nSPS) is 21.3. The zero-order valence-corrected chi connectivity index (χ0v) is 16.5. The van der Waals surface area contributed by atoms with Crippen LogP contribution >= 0.6 is 0 Å². The number of rotatable bonds is 5. The Labute approximate surface area is 166 Å². The molecule has 2 heterocycles. The average Bonchev–Trinajstić information content (AvgIpc) is 3.07. The van der Waals surface area contributed by atoms with Gasteiger partial charge in [-0.15, -0.1) is 0 Å². The Hall–Kier alpha value is -2.50. The Morgan fingerprint density at radius 2 is 2.07 bits per heavy atom. The van der Waals surface area contributed by atoms with Crippen molar-refractivity contribution in [3.63, 3.8) is 0 Å². The van der Waals surface area contributed by atoms with Crippen LogP contribution in [0.2, 0.25) is 0 Å². The number of benzene rings is 1. The number of nitrogens with zero attached hydrogens (tertiary/aromatic N) is 3. The lowest BCUT2D eigenvalue weighted by molar-refractivity contribution is -0.132. The summed E-state index contributed by atoms with van der Waals surface area (Å²) in [4.78, 5) is 25.9. The van der Waals surface area contributed by atoms with Crippen LogP contribution in [0.5, 0.6) is 0 Å². The molecule has 1 N–H and O–H groups in total. The zero-order valence-electron chi connectivity index (χ0n) is 15.6. The van der Waals surface area contributed by atoms with Crippen LogP contribution < -0.4 is 15.1 Å². The van der Waals surface area contributed by atoms with Gasteiger partial charge in [0.2, 0.25) is 0 Å². The molecule has 0 radical (unpaired) electrons. The molecule has 160 valence electrons. The summed E-state index contributed by atoms with van der Waals surface area (Å²) in [6, 6.07) is 4.27. The third kappa shape index (κ3) is 4.74. The minimum absolute atomic E-state index is 0.00901. The number of carbonyl (C=O) groups is 2. The molecule has 2 aliphatic heterocycles. The number of anilines is 2. The first kappa shape index (κ1) is 21.2. The van der Waals surface area contributed by atoms with Gasteiger partial charge in [0, 0.05) is 41.4 Å². The fraction of sp³-hybridized carbons (Fsp3) is 0.529. The van der Waals surface area contributed by atoms with Crippen molar-refractivity contribution in [1.29, 1.82) is 0 Å². The number of alkyl halides is 2. The molecule has 2 aliphatic rings. The number of ether oxygens (including phenoxy) is 1. The zero-order chi connectivity index (χ0) is 21.2. The smallest absolute Gasteiger partial charge is 0.414 e. The summed E-state index contributed by atoms with van der Waals surface area (Å²) in [7, 11) is -0.697. The highest BCUT2D eigenvalue weighted by molar-refractivity contribution is 7.93.